The topological polar surface area (TPSA) is 53.1 Å². The molecule has 0 atom stereocenters. The number of para-hydroxylation sites is 1. The Kier molecular flexibility index (Phi) is 6.11. The van der Waals surface area contributed by atoms with Gasteiger partial charge in [0.2, 0.25) is 11.8 Å². The van der Waals surface area contributed by atoms with Crippen LogP contribution in [0.15, 0.2) is 54.6 Å². The third-order valence-electron chi connectivity index (χ3n) is 5.52. The van der Waals surface area contributed by atoms with Gasteiger partial charge < -0.3 is 19.4 Å². The highest BCUT2D eigenvalue weighted by Gasteiger charge is 2.42. The minimum Gasteiger partial charge on any atom is -0.497 e. The number of nitrogens with zero attached hydrogens (tertiary/aromatic N) is 3. The van der Waals surface area contributed by atoms with Crippen molar-refractivity contribution in [3.8, 4) is 5.75 Å². The van der Waals surface area contributed by atoms with E-state index in [-0.39, 0.29) is 11.8 Å². The van der Waals surface area contributed by atoms with Gasteiger partial charge in [0.1, 0.15) is 11.2 Å². The fraction of sp³-hybridized carbons (Fsp3) is 0.391. The van der Waals surface area contributed by atoms with Gasteiger partial charge in [-0.1, -0.05) is 18.2 Å². The molecule has 1 saturated heterocycles. The summed E-state index contributed by atoms with van der Waals surface area (Å²) in [7, 11) is 3.37. The summed E-state index contributed by atoms with van der Waals surface area (Å²) in [5.41, 5.74) is 0.770. The first kappa shape index (κ1) is 20.7. The van der Waals surface area contributed by atoms with E-state index in [0.29, 0.717) is 13.1 Å². The molecule has 1 aliphatic rings. The molecule has 29 heavy (non-hydrogen) atoms. The van der Waals surface area contributed by atoms with E-state index in [9.17, 15) is 9.59 Å². The number of methoxy groups -OCH3 is 1. The van der Waals surface area contributed by atoms with E-state index in [1.807, 2.05) is 54.6 Å². The van der Waals surface area contributed by atoms with Gasteiger partial charge in [-0.05, 0) is 50.2 Å². The van der Waals surface area contributed by atoms with Crippen LogP contribution in [0, 0.1) is 5.41 Å². The zero-order chi connectivity index (χ0) is 21.0. The summed E-state index contributed by atoms with van der Waals surface area (Å²) in [6, 6.07) is 17.3. The molecule has 2 aromatic carbocycles. The van der Waals surface area contributed by atoms with Crippen molar-refractivity contribution in [2.24, 2.45) is 5.41 Å². The molecule has 154 valence electrons. The Morgan fingerprint density at radius 1 is 0.931 bits per heavy atom. The lowest BCUT2D eigenvalue weighted by molar-refractivity contribution is -0.147. The lowest BCUT2D eigenvalue weighted by Gasteiger charge is -2.39. The van der Waals surface area contributed by atoms with Gasteiger partial charge in [-0.25, -0.2) is 0 Å². The second kappa shape index (κ2) is 8.55. The Bertz CT molecular complexity index is 841. The van der Waals surface area contributed by atoms with E-state index in [2.05, 4.69) is 4.90 Å². The molecule has 1 fully saturated rings. The van der Waals surface area contributed by atoms with Crippen molar-refractivity contribution in [2.45, 2.75) is 13.8 Å². The summed E-state index contributed by atoms with van der Waals surface area (Å²) in [4.78, 5) is 31.8. The van der Waals surface area contributed by atoms with Crippen LogP contribution >= 0.6 is 0 Å². The van der Waals surface area contributed by atoms with Crippen LogP contribution in [0.1, 0.15) is 13.8 Å². The molecule has 0 radical (unpaired) electrons. The number of carbonyl (C=O) groups excluding carboxylic acids is 2. The minimum absolute atomic E-state index is 0.125. The average Bonchev–Trinajstić information content (AvgIpc) is 2.78. The van der Waals surface area contributed by atoms with Crippen LogP contribution in [-0.2, 0) is 9.59 Å². The largest absolute Gasteiger partial charge is 0.497 e. The normalized spacial score (nSPS) is 14.5. The van der Waals surface area contributed by atoms with Crippen LogP contribution < -0.4 is 14.5 Å². The Labute approximate surface area is 172 Å². The number of ether oxygens (including phenoxy) is 1. The maximum absolute atomic E-state index is 13.2. The fourth-order valence-corrected chi connectivity index (χ4v) is 3.64. The number of amides is 2. The zero-order valence-corrected chi connectivity index (χ0v) is 17.6. The summed E-state index contributed by atoms with van der Waals surface area (Å²) >= 11 is 0. The SMILES string of the molecule is COc1ccc(N2CCN(C(=O)C(C)(C)C(=O)N(C)c3ccccc3)CC2)cc1. The molecule has 0 spiro atoms. The number of piperazine rings is 1. The van der Waals surface area contributed by atoms with Gasteiger partial charge in [-0.15, -0.1) is 0 Å². The van der Waals surface area contributed by atoms with Crippen molar-refractivity contribution in [1.29, 1.82) is 0 Å². The summed E-state index contributed by atoms with van der Waals surface area (Å²) in [5, 5.41) is 0. The van der Waals surface area contributed by atoms with Gasteiger partial charge in [0.25, 0.3) is 0 Å². The van der Waals surface area contributed by atoms with Crippen molar-refractivity contribution < 1.29 is 14.3 Å². The van der Waals surface area contributed by atoms with Gasteiger partial charge in [0, 0.05) is 44.6 Å². The molecule has 3 rings (SSSR count). The Hall–Kier alpha value is -3.02. The van der Waals surface area contributed by atoms with E-state index in [1.165, 1.54) is 0 Å². The van der Waals surface area contributed by atoms with E-state index < -0.39 is 5.41 Å². The fourth-order valence-electron chi connectivity index (χ4n) is 3.64. The van der Waals surface area contributed by atoms with E-state index in [1.54, 1.807) is 37.8 Å². The van der Waals surface area contributed by atoms with Crippen LogP contribution in [0.4, 0.5) is 11.4 Å². The lowest BCUT2D eigenvalue weighted by atomic mass is 9.89. The summed E-state index contributed by atoms with van der Waals surface area (Å²) in [6.45, 7) is 6.08. The van der Waals surface area contributed by atoms with Crippen molar-refractivity contribution in [3.05, 3.63) is 54.6 Å². The van der Waals surface area contributed by atoms with E-state index in [4.69, 9.17) is 4.74 Å². The third-order valence-corrected chi connectivity index (χ3v) is 5.52. The van der Waals surface area contributed by atoms with Gasteiger partial charge >= 0.3 is 0 Å². The van der Waals surface area contributed by atoms with Crippen molar-refractivity contribution in [2.75, 3.05) is 50.1 Å². The quantitative estimate of drug-likeness (QED) is 0.731. The molecule has 0 N–H and O–H groups in total. The maximum atomic E-state index is 13.2. The first-order valence-corrected chi connectivity index (χ1v) is 9.86. The molecule has 0 unspecified atom stereocenters. The molecule has 6 heteroatoms. The smallest absolute Gasteiger partial charge is 0.241 e. The summed E-state index contributed by atoms with van der Waals surface area (Å²) < 4.78 is 5.21. The molecule has 0 aliphatic carbocycles. The number of hydrogen-bond acceptors (Lipinski definition) is 4. The Morgan fingerprint density at radius 3 is 2.07 bits per heavy atom. The highest BCUT2D eigenvalue weighted by molar-refractivity contribution is 6.10. The molecule has 0 aromatic heterocycles. The number of hydrogen-bond donors (Lipinski definition) is 0. The van der Waals surface area contributed by atoms with Gasteiger partial charge in [0.15, 0.2) is 0 Å². The van der Waals surface area contributed by atoms with E-state index >= 15 is 0 Å². The monoisotopic (exact) mass is 395 g/mol. The Morgan fingerprint density at radius 2 is 1.52 bits per heavy atom. The minimum atomic E-state index is -1.12. The molecule has 1 heterocycles. The molecular weight excluding hydrogens is 366 g/mol. The van der Waals surface area contributed by atoms with Crippen molar-refractivity contribution in [1.82, 2.24) is 4.90 Å². The van der Waals surface area contributed by atoms with Gasteiger partial charge in [-0.2, -0.15) is 0 Å². The van der Waals surface area contributed by atoms with Crippen LogP contribution in [0.5, 0.6) is 5.75 Å². The molecule has 0 saturated carbocycles. The first-order valence-electron chi connectivity index (χ1n) is 9.86. The molecule has 1 aliphatic heterocycles. The predicted octanol–water partition coefficient (Wildman–Crippen LogP) is 3.03. The zero-order valence-electron chi connectivity index (χ0n) is 17.6. The molecule has 6 nitrogen and oxygen atoms in total. The molecule has 2 amide bonds. The van der Waals surface area contributed by atoms with E-state index in [0.717, 1.165) is 30.2 Å². The first-order chi connectivity index (χ1) is 13.8. The number of anilines is 2. The highest BCUT2D eigenvalue weighted by Crippen LogP contribution is 2.27. The maximum Gasteiger partial charge on any atom is 0.241 e. The van der Waals surface area contributed by atoms with Crippen molar-refractivity contribution in [3.63, 3.8) is 0 Å². The van der Waals surface area contributed by atoms with Crippen LogP contribution in [0.3, 0.4) is 0 Å². The number of benzene rings is 2. The van der Waals surface area contributed by atoms with Crippen LogP contribution in [0.25, 0.3) is 0 Å². The average molecular weight is 396 g/mol. The second-order valence-corrected chi connectivity index (χ2v) is 7.80. The molecule has 0 bridgehead atoms. The van der Waals surface area contributed by atoms with Crippen molar-refractivity contribution >= 4 is 23.2 Å². The summed E-state index contributed by atoms with van der Waals surface area (Å²) in [5.74, 6) is 0.497. The highest BCUT2D eigenvalue weighted by atomic mass is 16.5. The lowest BCUT2D eigenvalue weighted by Crippen LogP contribution is -2.55. The number of carbonyl (C=O) groups is 2. The Balaban J connectivity index is 1.63. The molecular formula is C23H29N3O3. The third kappa shape index (κ3) is 4.36. The van der Waals surface area contributed by atoms with Crippen LogP contribution in [0.2, 0.25) is 0 Å². The predicted molar refractivity (Wildman–Crippen MR) is 115 cm³/mol. The van der Waals surface area contributed by atoms with Gasteiger partial charge in [-0.3, -0.25) is 9.59 Å². The summed E-state index contributed by atoms with van der Waals surface area (Å²) in [6.07, 6.45) is 0. The van der Waals surface area contributed by atoms with Gasteiger partial charge in [0.05, 0.1) is 7.11 Å². The number of rotatable bonds is 5. The standard InChI is InChI=1S/C23H29N3O3/c1-23(2,21(27)24(3)18-8-6-5-7-9-18)22(28)26-16-14-25(15-17-26)19-10-12-20(29-4)13-11-19/h5-13H,14-17H2,1-4H3. The molecule has 2 aromatic rings. The second-order valence-electron chi connectivity index (χ2n) is 7.80. The van der Waals surface area contributed by atoms with Crippen LogP contribution in [-0.4, -0.2) is 57.1 Å².